The molecule has 0 radical (unpaired) electrons. The molecule has 4 aromatic rings. The van der Waals surface area contributed by atoms with E-state index in [0.29, 0.717) is 17.1 Å². The van der Waals surface area contributed by atoms with Gasteiger partial charge in [0.05, 0.1) is 33.9 Å². The summed E-state index contributed by atoms with van der Waals surface area (Å²) in [5, 5.41) is 25.5. The maximum atomic E-state index is 13.5. The van der Waals surface area contributed by atoms with E-state index in [1.54, 1.807) is 57.4 Å². The van der Waals surface area contributed by atoms with E-state index in [1.165, 1.54) is 25.0 Å². The van der Waals surface area contributed by atoms with Gasteiger partial charge in [-0.3, -0.25) is 9.59 Å². The molecule has 2 aromatic heterocycles. The van der Waals surface area contributed by atoms with Gasteiger partial charge in [0.15, 0.2) is 11.4 Å². The number of carbonyl (C=O) groups excluding carboxylic acids is 3. The van der Waals surface area contributed by atoms with Gasteiger partial charge < -0.3 is 35.0 Å². The lowest BCUT2D eigenvalue weighted by molar-refractivity contribution is -0.392. The highest BCUT2D eigenvalue weighted by atomic mass is 16.6. The predicted octanol–water partition coefficient (Wildman–Crippen LogP) is 3.28. The van der Waals surface area contributed by atoms with Crippen LogP contribution >= 0.6 is 0 Å². The molecule has 2 aromatic carbocycles. The number of hydrogen-bond donors (Lipinski definition) is 2. The highest BCUT2D eigenvalue weighted by Gasteiger charge is 2.30. The van der Waals surface area contributed by atoms with Crippen molar-refractivity contribution in [1.29, 1.82) is 0 Å². The number of benzene rings is 2. The summed E-state index contributed by atoms with van der Waals surface area (Å²) in [6.45, 7) is 3.68. The van der Waals surface area contributed by atoms with Gasteiger partial charge in [-0.2, -0.15) is 5.10 Å². The smallest absolute Gasteiger partial charge is 0.358 e. The van der Waals surface area contributed by atoms with E-state index in [-0.39, 0.29) is 36.1 Å². The van der Waals surface area contributed by atoms with E-state index < -0.39 is 34.7 Å². The quantitative estimate of drug-likeness (QED) is 0.128. The second-order valence-electron chi connectivity index (χ2n) is 10.2. The van der Waals surface area contributed by atoms with Crippen molar-refractivity contribution in [3.05, 3.63) is 93.3 Å². The fourth-order valence-electron chi connectivity index (χ4n) is 4.39. The van der Waals surface area contributed by atoms with Gasteiger partial charge >= 0.3 is 11.8 Å². The van der Waals surface area contributed by atoms with Crippen molar-refractivity contribution >= 4 is 29.4 Å². The number of methoxy groups -OCH3 is 3. The van der Waals surface area contributed by atoms with Crippen LogP contribution in [0.3, 0.4) is 0 Å². The van der Waals surface area contributed by atoms with Crippen LogP contribution in [0, 0.1) is 16.0 Å². The van der Waals surface area contributed by atoms with Crippen molar-refractivity contribution in [1.82, 2.24) is 24.9 Å². The Hall–Kier alpha value is -5.73. The molecule has 2 amide bonds. The van der Waals surface area contributed by atoms with Crippen LogP contribution < -0.4 is 20.1 Å². The van der Waals surface area contributed by atoms with Gasteiger partial charge in [-0.1, -0.05) is 43.2 Å². The number of amides is 2. The van der Waals surface area contributed by atoms with E-state index in [2.05, 4.69) is 20.8 Å². The highest BCUT2D eigenvalue weighted by molar-refractivity contribution is 6.01. The first kappa shape index (κ1) is 32.2. The normalized spacial score (nSPS) is 11.5. The summed E-state index contributed by atoms with van der Waals surface area (Å²) in [5.41, 5.74) is 1.25. The molecule has 0 aliphatic carbocycles. The summed E-state index contributed by atoms with van der Waals surface area (Å²) in [6, 6.07) is 15.4. The zero-order valence-corrected chi connectivity index (χ0v) is 25.3. The fourth-order valence-corrected chi connectivity index (χ4v) is 4.39. The van der Waals surface area contributed by atoms with Crippen LogP contribution in [0.1, 0.15) is 46.0 Å². The molecule has 0 saturated heterocycles. The van der Waals surface area contributed by atoms with Gasteiger partial charge in [0.1, 0.15) is 29.9 Å². The molecule has 45 heavy (non-hydrogen) atoms. The van der Waals surface area contributed by atoms with Gasteiger partial charge in [-0.15, -0.1) is 4.68 Å². The van der Waals surface area contributed by atoms with E-state index in [0.717, 1.165) is 16.3 Å². The number of nitrogens with zero attached hydrogens (tertiary/aromatic N) is 5. The average Bonchev–Trinajstić information content (AvgIpc) is 3.64. The van der Waals surface area contributed by atoms with Gasteiger partial charge in [0.25, 0.3) is 5.91 Å². The number of anilines is 1. The Kier molecular flexibility index (Phi) is 10.1. The number of rotatable bonds is 13. The Bertz CT molecular complexity index is 1680. The maximum Gasteiger partial charge on any atom is 0.358 e. The molecule has 0 aliphatic rings. The van der Waals surface area contributed by atoms with Gasteiger partial charge in [-0.25, -0.2) is 9.48 Å². The second-order valence-corrected chi connectivity index (χ2v) is 10.2. The lowest BCUT2D eigenvalue weighted by atomic mass is 10.0. The first-order chi connectivity index (χ1) is 21.5. The third kappa shape index (κ3) is 7.81. The molecule has 0 fully saturated rings. The maximum absolute atomic E-state index is 13.5. The van der Waals surface area contributed by atoms with Crippen LogP contribution in [0.15, 0.2) is 60.7 Å². The molecular formula is C30H33N7O8. The zero-order valence-electron chi connectivity index (χ0n) is 25.3. The SMILES string of the molecule is COC(=O)c1cc(NC(=O)[C@@H](NC(=O)c2cc([N+](=O)[O-])n(Cc3ccc(OC)cc3)n2)C(C)C)n(Cc2ccc(OC)cc2)n1. The minimum atomic E-state index is -1.07. The lowest BCUT2D eigenvalue weighted by Gasteiger charge is -2.21. The van der Waals surface area contributed by atoms with Crippen LogP contribution in [-0.2, 0) is 22.6 Å². The number of aromatic nitrogens is 4. The van der Waals surface area contributed by atoms with Crippen molar-refractivity contribution in [3.8, 4) is 11.5 Å². The van der Waals surface area contributed by atoms with Crippen LogP contribution in [0.4, 0.5) is 11.6 Å². The lowest BCUT2D eigenvalue weighted by Crippen LogP contribution is -2.47. The number of esters is 1. The van der Waals surface area contributed by atoms with E-state index in [9.17, 15) is 24.5 Å². The number of ether oxygens (including phenoxy) is 3. The van der Waals surface area contributed by atoms with E-state index in [4.69, 9.17) is 14.2 Å². The molecule has 15 heteroatoms. The number of carbonyl (C=O) groups is 3. The Morgan fingerprint density at radius 2 is 1.38 bits per heavy atom. The minimum absolute atomic E-state index is 0.0267. The van der Waals surface area contributed by atoms with Crippen molar-refractivity contribution < 1.29 is 33.5 Å². The summed E-state index contributed by atoms with van der Waals surface area (Å²) in [7, 11) is 4.30. The summed E-state index contributed by atoms with van der Waals surface area (Å²) in [4.78, 5) is 50.0. The molecule has 1 atom stereocenters. The van der Waals surface area contributed by atoms with Gasteiger partial charge in [-0.05, 0) is 46.2 Å². The largest absolute Gasteiger partial charge is 0.497 e. The monoisotopic (exact) mass is 619 g/mol. The molecule has 4 rings (SSSR count). The molecule has 0 saturated carbocycles. The van der Waals surface area contributed by atoms with Gasteiger partial charge in [0, 0.05) is 6.07 Å². The number of hydrogen-bond acceptors (Lipinski definition) is 10. The molecule has 15 nitrogen and oxygen atoms in total. The Morgan fingerprint density at radius 1 is 0.844 bits per heavy atom. The number of nitro groups is 1. The molecule has 2 N–H and O–H groups in total. The van der Waals surface area contributed by atoms with Crippen LogP contribution in [-0.4, -0.2) is 69.6 Å². The third-order valence-corrected chi connectivity index (χ3v) is 6.82. The molecule has 0 spiro atoms. The standard InChI is InChI=1S/C30H33N7O8/c1-18(2)27(32-28(38)23-15-26(37(41)42)36(33-23)17-20-8-12-22(44-4)13-9-20)29(39)31-25-14-24(30(40)45-5)34-35(25)16-19-6-10-21(43-3)11-7-19/h6-15,18,27H,16-17H2,1-5H3,(H,31,39)(H,32,38)/t27-/m0/s1. The molecule has 2 heterocycles. The highest BCUT2D eigenvalue weighted by Crippen LogP contribution is 2.20. The van der Waals surface area contributed by atoms with E-state index in [1.807, 2.05) is 12.1 Å². The number of nitrogens with one attached hydrogen (secondary N) is 2. The van der Waals surface area contributed by atoms with Crippen LogP contribution in [0.25, 0.3) is 0 Å². The molecule has 0 bridgehead atoms. The minimum Gasteiger partial charge on any atom is -0.497 e. The predicted molar refractivity (Wildman–Crippen MR) is 161 cm³/mol. The van der Waals surface area contributed by atoms with Crippen LogP contribution in [0.5, 0.6) is 11.5 Å². The topological polar surface area (TPSA) is 182 Å². The summed E-state index contributed by atoms with van der Waals surface area (Å²) in [6.07, 6.45) is 0. The van der Waals surface area contributed by atoms with Crippen LogP contribution in [0.2, 0.25) is 0 Å². The van der Waals surface area contributed by atoms with Crippen molar-refractivity contribution in [2.24, 2.45) is 5.92 Å². The van der Waals surface area contributed by atoms with Crippen molar-refractivity contribution in [2.75, 3.05) is 26.6 Å². The summed E-state index contributed by atoms with van der Waals surface area (Å²) < 4.78 is 17.7. The second kappa shape index (κ2) is 14.2. The Morgan fingerprint density at radius 3 is 1.87 bits per heavy atom. The van der Waals surface area contributed by atoms with Crippen molar-refractivity contribution in [2.45, 2.75) is 33.0 Å². The molecule has 236 valence electrons. The molecule has 0 unspecified atom stereocenters. The van der Waals surface area contributed by atoms with E-state index >= 15 is 0 Å². The Balaban J connectivity index is 1.54. The average molecular weight is 620 g/mol. The zero-order chi connectivity index (χ0) is 32.7. The summed E-state index contributed by atoms with van der Waals surface area (Å²) >= 11 is 0. The fraction of sp³-hybridized carbons (Fsp3) is 0.300. The first-order valence-corrected chi connectivity index (χ1v) is 13.8. The van der Waals surface area contributed by atoms with Gasteiger partial charge in [0.2, 0.25) is 5.91 Å². The van der Waals surface area contributed by atoms with Crippen molar-refractivity contribution in [3.63, 3.8) is 0 Å². The molecular weight excluding hydrogens is 586 g/mol. The summed E-state index contributed by atoms with van der Waals surface area (Å²) in [5.74, 6) is -1.38. The third-order valence-electron chi connectivity index (χ3n) is 6.82. The molecule has 0 aliphatic heterocycles. The first-order valence-electron chi connectivity index (χ1n) is 13.8. The Labute approximate surface area is 258 Å².